The highest BCUT2D eigenvalue weighted by Crippen LogP contribution is 2.35. The quantitative estimate of drug-likeness (QED) is 0.355. The van der Waals surface area contributed by atoms with Gasteiger partial charge in [0.05, 0.1) is 15.9 Å². The average Bonchev–Trinajstić information content (AvgIpc) is 2.55. The lowest BCUT2D eigenvalue weighted by atomic mass is 10.1. The van der Waals surface area contributed by atoms with Crippen molar-refractivity contribution >= 4 is 28.9 Å². The van der Waals surface area contributed by atoms with Crippen LogP contribution >= 0.6 is 0 Å². The summed E-state index contributed by atoms with van der Waals surface area (Å²) in [5.41, 5.74) is -2.03. The number of nitrogens with zero attached hydrogens (tertiary/aromatic N) is 2. The van der Waals surface area contributed by atoms with Crippen molar-refractivity contribution in [3.8, 4) is 11.5 Å². The number of amides is 1. The molecule has 2 aromatic carbocycles. The summed E-state index contributed by atoms with van der Waals surface area (Å²) in [4.78, 5) is 42.8. The Morgan fingerprint density at radius 3 is 2.19 bits per heavy atom. The van der Waals surface area contributed by atoms with Crippen molar-refractivity contribution < 1.29 is 29.3 Å². The third kappa shape index (κ3) is 4.08. The molecule has 2 rings (SSSR count). The van der Waals surface area contributed by atoms with E-state index in [2.05, 4.69) is 5.32 Å². The van der Waals surface area contributed by atoms with E-state index in [1.54, 1.807) is 0 Å². The molecule has 0 saturated heterocycles. The maximum Gasteiger partial charge on any atom is 0.347 e. The van der Waals surface area contributed by atoms with Crippen LogP contribution in [0.5, 0.6) is 11.5 Å². The van der Waals surface area contributed by atoms with Gasteiger partial charge in [0.2, 0.25) is 11.7 Å². The van der Waals surface area contributed by atoms with Crippen LogP contribution in [0, 0.1) is 20.2 Å². The molecule has 26 heavy (non-hydrogen) atoms. The second kappa shape index (κ2) is 7.25. The van der Waals surface area contributed by atoms with Gasteiger partial charge in [-0.15, -0.1) is 0 Å². The van der Waals surface area contributed by atoms with E-state index in [1.165, 1.54) is 31.2 Å². The summed E-state index contributed by atoms with van der Waals surface area (Å²) in [6, 6.07) is 6.72. The van der Waals surface area contributed by atoms with E-state index in [-0.39, 0.29) is 11.7 Å². The predicted molar refractivity (Wildman–Crippen MR) is 87.1 cm³/mol. The van der Waals surface area contributed by atoms with E-state index < -0.39 is 38.5 Å². The molecule has 0 atom stereocenters. The first-order chi connectivity index (χ1) is 12.2. The zero-order valence-corrected chi connectivity index (χ0v) is 13.2. The van der Waals surface area contributed by atoms with Gasteiger partial charge in [0.25, 0.3) is 5.69 Å². The van der Waals surface area contributed by atoms with Gasteiger partial charge in [-0.05, 0) is 24.3 Å². The maximum atomic E-state index is 12.2. The van der Waals surface area contributed by atoms with E-state index in [1.807, 2.05) is 0 Å². The first-order valence-corrected chi connectivity index (χ1v) is 6.94. The lowest BCUT2D eigenvalue weighted by Crippen LogP contribution is -2.10. The van der Waals surface area contributed by atoms with Crippen molar-refractivity contribution in [2.75, 3.05) is 5.32 Å². The normalized spacial score (nSPS) is 10.0. The molecule has 0 aliphatic heterocycles. The van der Waals surface area contributed by atoms with E-state index >= 15 is 0 Å². The summed E-state index contributed by atoms with van der Waals surface area (Å²) in [5.74, 6) is -2.57. The predicted octanol–water partition coefficient (Wildman–Crippen LogP) is 2.39. The Labute approximate surface area is 145 Å². The number of aromatic hydroxyl groups is 1. The Kier molecular flexibility index (Phi) is 5.11. The molecule has 11 nitrogen and oxygen atoms in total. The van der Waals surface area contributed by atoms with Gasteiger partial charge in [-0.1, -0.05) is 0 Å². The highest BCUT2D eigenvalue weighted by molar-refractivity contribution is 5.96. The van der Waals surface area contributed by atoms with Crippen LogP contribution in [-0.2, 0) is 4.79 Å². The molecule has 11 heteroatoms. The Morgan fingerprint density at radius 2 is 1.69 bits per heavy atom. The third-order valence-electron chi connectivity index (χ3n) is 3.09. The number of benzene rings is 2. The van der Waals surface area contributed by atoms with Crippen molar-refractivity contribution in [3.63, 3.8) is 0 Å². The van der Waals surface area contributed by atoms with E-state index in [4.69, 9.17) is 4.74 Å². The monoisotopic (exact) mass is 361 g/mol. The first kappa shape index (κ1) is 18.3. The van der Waals surface area contributed by atoms with Gasteiger partial charge in [-0.2, -0.15) is 0 Å². The Bertz CT molecular complexity index is 908. The molecular weight excluding hydrogens is 350 g/mol. The molecule has 134 valence electrons. The number of nitrogens with one attached hydrogen (secondary N) is 1. The third-order valence-corrected chi connectivity index (χ3v) is 3.09. The summed E-state index contributed by atoms with van der Waals surface area (Å²) in [7, 11) is 0. The van der Waals surface area contributed by atoms with Crippen LogP contribution in [0.25, 0.3) is 0 Å². The van der Waals surface area contributed by atoms with Gasteiger partial charge in [-0.25, -0.2) is 4.79 Å². The molecule has 0 unspecified atom stereocenters. The van der Waals surface area contributed by atoms with Crippen molar-refractivity contribution in [1.82, 2.24) is 0 Å². The van der Waals surface area contributed by atoms with Crippen LogP contribution in [0.3, 0.4) is 0 Å². The van der Waals surface area contributed by atoms with Crippen molar-refractivity contribution in [2.45, 2.75) is 6.92 Å². The minimum Gasteiger partial charge on any atom is -0.501 e. The zero-order valence-electron chi connectivity index (χ0n) is 13.2. The van der Waals surface area contributed by atoms with E-state index in [0.717, 1.165) is 0 Å². The number of ether oxygens (including phenoxy) is 1. The molecule has 0 fully saturated rings. The van der Waals surface area contributed by atoms with Crippen LogP contribution in [-0.4, -0.2) is 26.8 Å². The number of hydrogen-bond donors (Lipinski definition) is 2. The maximum absolute atomic E-state index is 12.2. The molecule has 0 heterocycles. The summed E-state index contributed by atoms with van der Waals surface area (Å²) in [6.07, 6.45) is 0. The molecule has 1 amide bonds. The second-order valence-electron chi connectivity index (χ2n) is 4.97. The molecule has 2 N–H and O–H groups in total. The first-order valence-electron chi connectivity index (χ1n) is 6.94. The molecular formula is C15H11N3O8. The van der Waals surface area contributed by atoms with E-state index in [0.29, 0.717) is 17.8 Å². The van der Waals surface area contributed by atoms with Gasteiger partial charge in [-0.3, -0.25) is 25.0 Å². The summed E-state index contributed by atoms with van der Waals surface area (Å²) in [5, 5.41) is 34.1. The Morgan fingerprint density at radius 1 is 1.08 bits per heavy atom. The molecule has 0 aliphatic carbocycles. The second-order valence-corrected chi connectivity index (χ2v) is 4.97. The number of nitro groups is 2. The number of carbonyl (C=O) groups excluding carboxylic acids is 2. The highest BCUT2D eigenvalue weighted by Gasteiger charge is 2.28. The van der Waals surface area contributed by atoms with Crippen LogP contribution in [0.15, 0.2) is 36.4 Å². The summed E-state index contributed by atoms with van der Waals surface area (Å²) >= 11 is 0. The minimum absolute atomic E-state index is 0.00217. The topological polar surface area (TPSA) is 162 Å². The van der Waals surface area contributed by atoms with Crippen LogP contribution in [0.2, 0.25) is 0 Å². The SMILES string of the molecule is CC(=O)Nc1ccc(OC(=O)c2cc([N+](=O)[O-])cc([N+](=O)[O-])c2O)cc1. The lowest BCUT2D eigenvalue weighted by Gasteiger charge is -2.07. The lowest BCUT2D eigenvalue weighted by molar-refractivity contribution is -0.394. The Balaban J connectivity index is 2.33. The number of esters is 1. The number of non-ortho nitro benzene ring substituents is 1. The average molecular weight is 361 g/mol. The van der Waals surface area contributed by atoms with Gasteiger partial charge in [0.15, 0.2) is 0 Å². The molecule has 0 bridgehead atoms. The summed E-state index contributed by atoms with van der Waals surface area (Å²) in [6.45, 7) is 1.31. The number of phenolic OH excluding ortho intramolecular Hbond substituents is 1. The van der Waals surface area contributed by atoms with Crippen LogP contribution in [0.4, 0.5) is 17.1 Å². The van der Waals surface area contributed by atoms with Gasteiger partial charge in [0, 0.05) is 18.7 Å². The number of nitro benzene ring substituents is 2. The standard InChI is InChI=1S/C15H11N3O8/c1-8(19)16-9-2-4-11(5-3-9)26-15(21)12-6-10(17(22)23)7-13(14(12)20)18(24)25/h2-7,20H,1H3,(H,16,19). The molecule has 0 radical (unpaired) electrons. The van der Waals surface area contributed by atoms with Gasteiger partial charge < -0.3 is 15.2 Å². The fraction of sp³-hybridized carbons (Fsp3) is 0.0667. The molecule has 0 aliphatic rings. The van der Waals surface area contributed by atoms with Crippen molar-refractivity contribution in [1.29, 1.82) is 0 Å². The zero-order chi connectivity index (χ0) is 19.4. The van der Waals surface area contributed by atoms with Crippen LogP contribution < -0.4 is 10.1 Å². The van der Waals surface area contributed by atoms with Crippen LogP contribution in [0.1, 0.15) is 17.3 Å². The molecule has 2 aromatic rings. The van der Waals surface area contributed by atoms with Gasteiger partial charge >= 0.3 is 11.7 Å². The highest BCUT2D eigenvalue weighted by atomic mass is 16.6. The fourth-order valence-electron chi connectivity index (χ4n) is 1.98. The molecule has 0 aromatic heterocycles. The smallest absolute Gasteiger partial charge is 0.347 e. The number of anilines is 1. The summed E-state index contributed by atoms with van der Waals surface area (Å²) < 4.78 is 4.95. The number of rotatable bonds is 5. The number of hydrogen-bond acceptors (Lipinski definition) is 8. The minimum atomic E-state index is -1.22. The number of carbonyl (C=O) groups is 2. The fourth-order valence-corrected chi connectivity index (χ4v) is 1.98. The number of phenols is 1. The van der Waals surface area contributed by atoms with Crippen molar-refractivity contribution in [2.24, 2.45) is 0 Å². The largest absolute Gasteiger partial charge is 0.501 e. The van der Waals surface area contributed by atoms with Gasteiger partial charge in [0.1, 0.15) is 11.3 Å². The van der Waals surface area contributed by atoms with E-state index in [9.17, 15) is 34.9 Å². The van der Waals surface area contributed by atoms with Crippen molar-refractivity contribution in [3.05, 3.63) is 62.2 Å². The Hall–Kier alpha value is -4.02. The molecule has 0 spiro atoms. The molecule has 0 saturated carbocycles.